The van der Waals surface area contributed by atoms with Gasteiger partial charge in [-0.05, 0) is 29.8 Å². The van der Waals surface area contributed by atoms with Gasteiger partial charge in [0, 0.05) is 33.1 Å². The van der Waals surface area contributed by atoms with Crippen molar-refractivity contribution in [2.24, 2.45) is 0 Å². The van der Waals surface area contributed by atoms with Gasteiger partial charge in [0.05, 0.1) is 15.3 Å². The number of rotatable bonds is 2. The molecular weight excluding hydrogens is 506 g/mol. The molecule has 0 saturated carbocycles. The van der Waals surface area contributed by atoms with Crippen molar-refractivity contribution in [2.75, 3.05) is 0 Å². The fourth-order valence-electron chi connectivity index (χ4n) is 3.15. The van der Waals surface area contributed by atoms with Crippen molar-refractivity contribution in [3.63, 3.8) is 0 Å². The van der Waals surface area contributed by atoms with Crippen LogP contribution in [0.4, 0.5) is 0 Å². The highest BCUT2D eigenvalue weighted by atomic mass is 79.9. The Morgan fingerprint density at radius 2 is 1.69 bits per heavy atom. The van der Waals surface area contributed by atoms with E-state index in [1.54, 1.807) is 6.07 Å². The number of aromatic hydroxyl groups is 1. The second-order valence-electron chi connectivity index (χ2n) is 6.26. The molecule has 29 heavy (non-hydrogen) atoms. The third-order valence-corrected chi connectivity index (χ3v) is 6.47. The first-order valence-corrected chi connectivity index (χ1v) is 11.2. The predicted octanol–water partition coefficient (Wildman–Crippen LogP) is 5.14. The quantitative estimate of drug-likeness (QED) is 0.252. The van der Waals surface area contributed by atoms with Crippen molar-refractivity contribution >= 4 is 63.0 Å². The minimum atomic E-state index is -4.68. The van der Waals surface area contributed by atoms with Crippen LogP contribution < -0.4 is 10.7 Å². The zero-order chi connectivity index (χ0) is 21.1. The van der Waals surface area contributed by atoms with E-state index < -0.39 is 13.0 Å². The van der Waals surface area contributed by atoms with Crippen LogP contribution in [0.15, 0.2) is 56.1 Å². The SMILES string of the molecule is O=c1cc2oc3cc(O)c(Cl)cc3c(-c3ccc(Br)cc3P(=O)(O)O)c-2cc1Cl. The first-order valence-electron chi connectivity index (χ1n) is 8.01. The molecule has 0 aromatic heterocycles. The van der Waals surface area contributed by atoms with E-state index in [1.165, 1.54) is 36.4 Å². The first kappa shape index (κ1) is 20.4. The molecule has 1 heterocycles. The second kappa shape index (κ2) is 7.13. The maximum absolute atomic E-state index is 12.2. The van der Waals surface area contributed by atoms with E-state index in [9.17, 15) is 24.3 Å². The van der Waals surface area contributed by atoms with Crippen molar-refractivity contribution in [3.05, 3.63) is 67.2 Å². The van der Waals surface area contributed by atoms with Gasteiger partial charge in [0.2, 0.25) is 5.43 Å². The molecule has 2 aromatic rings. The van der Waals surface area contributed by atoms with Gasteiger partial charge in [-0.1, -0.05) is 45.2 Å². The lowest BCUT2D eigenvalue weighted by atomic mass is 9.93. The van der Waals surface area contributed by atoms with Gasteiger partial charge in [-0.2, -0.15) is 0 Å². The van der Waals surface area contributed by atoms with Gasteiger partial charge in [0.15, 0.2) is 0 Å². The molecule has 10 heteroatoms. The Morgan fingerprint density at radius 1 is 0.966 bits per heavy atom. The Labute approximate surface area is 181 Å². The first-order chi connectivity index (χ1) is 13.6. The fraction of sp³-hybridized carbons (Fsp3) is 0. The Balaban J connectivity index is 2.27. The highest BCUT2D eigenvalue weighted by Crippen LogP contribution is 2.46. The Hall–Kier alpha value is -1.86. The normalized spacial score (nSPS) is 12.0. The largest absolute Gasteiger partial charge is 0.506 e. The molecule has 1 aliphatic heterocycles. The van der Waals surface area contributed by atoms with E-state index in [4.69, 9.17) is 27.6 Å². The lowest BCUT2D eigenvalue weighted by Gasteiger charge is -2.19. The summed E-state index contributed by atoms with van der Waals surface area (Å²) in [6.07, 6.45) is 0. The van der Waals surface area contributed by atoms with Gasteiger partial charge in [0.1, 0.15) is 17.1 Å². The molecule has 2 aromatic carbocycles. The summed E-state index contributed by atoms with van der Waals surface area (Å²) in [5, 5.41) is 10.1. The maximum atomic E-state index is 12.2. The van der Waals surface area contributed by atoms with E-state index >= 15 is 0 Å². The molecule has 0 radical (unpaired) electrons. The molecule has 4 rings (SSSR count). The molecule has 0 spiro atoms. The summed E-state index contributed by atoms with van der Waals surface area (Å²) in [7, 11) is -4.68. The smallest absolute Gasteiger partial charge is 0.356 e. The van der Waals surface area contributed by atoms with Crippen LogP contribution in [0.3, 0.4) is 0 Å². The number of fused-ring (bicyclic) bond motifs is 2. The van der Waals surface area contributed by atoms with Crippen molar-refractivity contribution in [1.82, 2.24) is 0 Å². The molecule has 0 bridgehead atoms. The number of halogens is 3. The van der Waals surface area contributed by atoms with Gasteiger partial charge < -0.3 is 19.3 Å². The number of benzene rings is 3. The average Bonchev–Trinajstić information content (AvgIpc) is 2.62. The van der Waals surface area contributed by atoms with E-state index in [-0.39, 0.29) is 38.0 Å². The van der Waals surface area contributed by atoms with Gasteiger partial charge in [-0.25, -0.2) is 0 Å². The monoisotopic (exact) mass is 514 g/mol. The average molecular weight is 516 g/mol. The van der Waals surface area contributed by atoms with E-state index in [2.05, 4.69) is 15.9 Å². The minimum Gasteiger partial charge on any atom is -0.506 e. The van der Waals surface area contributed by atoms with Crippen molar-refractivity contribution in [1.29, 1.82) is 0 Å². The lowest BCUT2D eigenvalue weighted by Crippen LogP contribution is -2.10. The Kier molecular flexibility index (Phi) is 5.02. The molecule has 0 saturated heterocycles. The summed E-state index contributed by atoms with van der Waals surface area (Å²) >= 11 is 15.3. The van der Waals surface area contributed by atoms with E-state index in [0.717, 1.165) is 0 Å². The topological polar surface area (TPSA) is 108 Å². The minimum absolute atomic E-state index is 0.0229. The standard InChI is InChI=1S/C19H10BrCl2O6P/c20-8-1-2-9(18(3-8)29(25,26)27)19-10-4-12(21)14(23)6-16(10)28-17-7-15(24)13(22)5-11(17)19/h1-7,23H,(H2,25,26,27). The Morgan fingerprint density at radius 3 is 2.38 bits per heavy atom. The summed E-state index contributed by atoms with van der Waals surface area (Å²) in [5.41, 5.74) is 0.633. The molecule has 3 N–H and O–H groups in total. The van der Waals surface area contributed by atoms with E-state index in [1.807, 2.05) is 0 Å². The van der Waals surface area contributed by atoms with E-state index in [0.29, 0.717) is 21.0 Å². The van der Waals surface area contributed by atoms with Gasteiger partial charge in [-0.15, -0.1) is 0 Å². The van der Waals surface area contributed by atoms with Gasteiger partial charge >= 0.3 is 7.60 Å². The molecule has 0 amide bonds. The summed E-state index contributed by atoms with van der Waals surface area (Å²) in [5.74, 6) is -0.0984. The van der Waals surface area contributed by atoms with Gasteiger partial charge in [-0.3, -0.25) is 9.36 Å². The number of hydrogen-bond donors (Lipinski definition) is 3. The van der Waals surface area contributed by atoms with Crippen LogP contribution in [0.2, 0.25) is 10.0 Å². The third kappa shape index (κ3) is 3.59. The number of phenolic OH excluding ortho intramolecular Hbond substituents is 1. The van der Waals surface area contributed by atoms with Crippen molar-refractivity contribution < 1.29 is 23.9 Å². The third-order valence-electron chi connectivity index (χ3n) is 4.38. The number of hydrogen-bond acceptors (Lipinski definition) is 4. The maximum Gasteiger partial charge on any atom is 0.356 e. The highest BCUT2D eigenvalue weighted by Gasteiger charge is 2.27. The summed E-state index contributed by atoms with van der Waals surface area (Å²) in [6.45, 7) is 0. The van der Waals surface area contributed by atoms with Crippen LogP contribution in [0.5, 0.6) is 5.75 Å². The zero-order valence-electron chi connectivity index (χ0n) is 14.2. The molecule has 1 aliphatic carbocycles. The molecule has 2 aliphatic rings. The zero-order valence-corrected chi connectivity index (χ0v) is 18.2. The lowest BCUT2D eigenvalue weighted by molar-refractivity contribution is 0.387. The second-order valence-corrected chi connectivity index (χ2v) is 9.56. The van der Waals surface area contributed by atoms with Crippen LogP contribution in [0.25, 0.3) is 33.4 Å². The summed E-state index contributed by atoms with van der Waals surface area (Å²) in [4.78, 5) is 31.9. The molecular formula is C19H10BrCl2O6P. The number of phenols is 1. The Bertz CT molecular complexity index is 1380. The van der Waals surface area contributed by atoms with Crippen LogP contribution in [-0.2, 0) is 4.57 Å². The fourth-order valence-corrected chi connectivity index (χ4v) is 4.82. The highest BCUT2D eigenvalue weighted by molar-refractivity contribution is 9.10. The predicted molar refractivity (Wildman–Crippen MR) is 116 cm³/mol. The van der Waals surface area contributed by atoms with Crippen LogP contribution in [0.1, 0.15) is 0 Å². The van der Waals surface area contributed by atoms with Crippen molar-refractivity contribution in [3.8, 4) is 28.2 Å². The molecule has 0 fully saturated rings. The summed E-state index contributed by atoms with van der Waals surface area (Å²) in [6, 6.07) is 9.74. The molecule has 0 atom stereocenters. The van der Waals surface area contributed by atoms with Crippen LogP contribution in [-0.4, -0.2) is 14.9 Å². The van der Waals surface area contributed by atoms with Crippen LogP contribution in [0, 0.1) is 0 Å². The van der Waals surface area contributed by atoms with Crippen molar-refractivity contribution in [2.45, 2.75) is 0 Å². The molecule has 0 unspecified atom stereocenters. The van der Waals surface area contributed by atoms with Crippen LogP contribution >= 0.6 is 46.7 Å². The molecule has 6 nitrogen and oxygen atoms in total. The van der Waals surface area contributed by atoms with Gasteiger partial charge in [0.25, 0.3) is 0 Å². The molecule has 148 valence electrons. The summed E-state index contributed by atoms with van der Waals surface area (Å²) < 4.78 is 18.4.